The fourth-order valence-electron chi connectivity index (χ4n) is 3.44. The first-order valence-corrected chi connectivity index (χ1v) is 7.80. The van der Waals surface area contributed by atoms with Crippen molar-refractivity contribution in [2.24, 2.45) is 0 Å². The molecular weight excluding hydrogens is 222 g/mol. The Morgan fingerprint density at radius 3 is 2.72 bits per heavy atom. The summed E-state index contributed by atoms with van der Waals surface area (Å²) in [7, 11) is 4.58. The Bertz CT molecular complexity index is 238. The van der Waals surface area contributed by atoms with E-state index in [1.165, 1.54) is 58.2 Å². The highest BCUT2D eigenvalue weighted by atomic mass is 15.2. The van der Waals surface area contributed by atoms with Gasteiger partial charge in [0.25, 0.3) is 0 Å². The normalized spacial score (nSPS) is 32.0. The first-order chi connectivity index (χ1) is 8.66. The van der Waals surface area contributed by atoms with Crippen LogP contribution < -0.4 is 5.32 Å². The SMILES string of the molecule is CC(CC1CCCCN1)N(C)CC1CCCN1C. The minimum atomic E-state index is 0.703. The Morgan fingerprint density at radius 1 is 1.28 bits per heavy atom. The standard InChI is InChI=1S/C15H31N3/c1-13(11-14-7-4-5-9-16-14)18(3)12-15-8-6-10-17(15)2/h13-16H,4-12H2,1-3H3. The second-order valence-corrected chi connectivity index (χ2v) is 6.45. The Labute approximate surface area is 113 Å². The van der Waals surface area contributed by atoms with E-state index in [0.29, 0.717) is 6.04 Å². The molecule has 1 N–H and O–H groups in total. The molecule has 2 aliphatic heterocycles. The summed E-state index contributed by atoms with van der Waals surface area (Å²) < 4.78 is 0. The van der Waals surface area contributed by atoms with Gasteiger partial charge in [-0.25, -0.2) is 0 Å². The predicted octanol–water partition coefficient (Wildman–Crippen LogP) is 1.93. The van der Waals surface area contributed by atoms with Crippen LogP contribution in [-0.4, -0.2) is 61.7 Å². The summed E-state index contributed by atoms with van der Waals surface area (Å²) in [6.45, 7) is 6.15. The number of hydrogen-bond donors (Lipinski definition) is 1. The quantitative estimate of drug-likeness (QED) is 0.808. The van der Waals surface area contributed by atoms with Crippen molar-refractivity contribution in [1.29, 1.82) is 0 Å². The third-order valence-corrected chi connectivity index (χ3v) is 4.96. The molecule has 2 fully saturated rings. The van der Waals surface area contributed by atoms with Crippen molar-refractivity contribution in [3.05, 3.63) is 0 Å². The van der Waals surface area contributed by atoms with Gasteiger partial charge in [0.15, 0.2) is 0 Å². The molecule has 106 valence electrons. The van der Waals surface area contributed by atoms with Gasteiger partial charge < -0.3 is 15.1 Å². The summed E-state index contributed by atoms with van der Waals surface area (Å²) in [5.74, 6) is 0. The largest absolute Gasteiger partial charge is 0.314 e. The molecule has 2 aliphatic rings. The lowest BCUT2D eigenvalue weighted by atomic mass is 9.98. The van der Waals surface area contributed by atoms with E-state index in [4.69, 9.17) is 0 Å². The van der Waals surface area contributed by atoms with E-state index >= 15 is 0 Å². The Kier molecular flexibility index (Phi) is 5.46. The minimum absolute atomic E-state index is 0.703. The molecule has 3 nitrogen and oxygen atoms in total. The lowest BCUT2D eigenvalue weighted by molar-refractivity contribution is 0.166. The Hall–Kier alpha value is -0.120. The van der Waals surface area contributed by atoms with E-state index in [0.717, 1.165) is 12.1 Å². The lowest BCUT2D eigenvalue weighted by Crippen LogP contribution is -2.44. The van der Waals surface area contributed by atoms with E-state index in [2.05, 4.69) is 36.1 Å². The first-order valence-electron chi connectivity index (χ1n) is 7.80. The summed E-state index contributed by atoms with van der Waals surface area (Å²) in [6.07, 6.45) is 8.24. The highest BCUT2D eigenvalue weighted by Crippen LogP contribution is 2.18. The molecule has 0 spiro atoms. The van der Waals surface area contributed by atoms with Gasteiger partial charge in [0.1, 0.15) is 0 Å². The third-order valence-electron chi connectivity index (χ3n) is 4.96. The fourth-order valence-corrected chi connectivity index (χ4v) is 3.44. The van der Waals surface area contributed by atoms with Gasteiger partial charge in [-0.2, -0.15) is 0 Å². The molecule has 3 heteroatoms. The number of hydrogen-bond acceptors (Lipinski definition) is 3. The monoisotopic (exact) mass is 253 g/mol. The highest BCUT2D eigenvalue weighted by molar-refractivity contribution is 4.82. The van der Waals surface area contributed by atoms with E-state index in [1.54, 1.807) is 0 Å². The van der Waals surface area contributed by atoms with Gasteiger partial charge in [0.2, 0.25) is 0 Å². The number of likely N-dealkylation sites (tertiary alicyclic amines) is 1. The molecule has 3 atom stereocenters. The van der Waals surface area contributed by atoms with Gasteiger partial charge in [-0.1, -0.05) is 6.42 Å². The van der Waals surface area contributed by atoms with E-state index in [1.807, 2.05) is 0 Å². The zero-order valence-electron chi connectivity index (χ0n) is 12.5. The van der Waals surface area contributed by atoms with Crippen LogP contribution in [-0.2, 0) is 0 Å². The molecule has 3 unspecified atom stereocenters. The predicted molar refractivity (Wildman–Crippen MR) is 78.0 cm³/mol. The van der Waals surface area contributed by atoms with Crippen molar-refractivity contribution in [1.82, 2.24) is 15.1 Å². The third kappa shape index (κ3) is 3.94. The van der Waals surface area contributed by atoms with Crippen LogP contribution in [0.4, 0.5) is 0 Å². The van der Waals surface area contributed by atoms with Crippen LogP contribution in [0, 0.1) is 0 Å². The van der Waals surface area contributed by atoms with Gasteiger partial charge in [-0.15, -0.1) is 0 Å². The van der Waals surface area contributed by atoms with Crippen molar-refractivity contribution in [3.63, 3.8) is 0 Å². The van der Waals surface area contributed by atoms with Gasteiger partial charge in [0, 0.05) is 24.7 Å². The molecule has 0 saturated carbocycles. The second kappa shape index (κ2) is 6.88. The molecular formula is C15H31N3. The average Bonchev–Trinajstić information content (AvgIpc) is 2.76. The molecule has 0 aromatic heterocycles. The summed E-state index contributed by atoms with van der Waals surface area (Å²) >= 11 is 0. The second-order valence-electron chi connectivity index (χ2n) is 6.45. The maximum absolute atomic E-state index is 3.67. The van der Waals surface area contributed by atoms with Crippen LogP contribution in [0.25, 0.3) is 0 Å². The number of likely N-dealkylation sites (N-methyl/N-ethyl adjacent to an activating group) is 2. The first kappa shape index (κ1) is 14.3. The molecule has 0 bridgehead atoms. The molecule has 18 heavy (non-hydrogen) atoms. The van der Waals surface area contributed by atoms with Crippen LogP contribution in [0.5, 0.6) is 0 Å². The van der Waals surface area contributed by atoms with Gasteiger partial charge in [-0.05, 0) is 66.2 Å². The summed E-state index contributed by atoms with van der Waals surface area (Å²) in [4.78, 5) is 5.10. The summed E-state index contributed by atoms with van der Waals surface area (Å²) in [5, 5.41) is 3.67. The molecule has 2 saturated heterocycles. The van der Waals surface area contributed by atoms with Crippen molar-refractivity contribution >= 4 is 0 Å². The number of nitrogens with zero attached hydrogens (tertiary/aromatic N) is 2. The van der Waals surface area contributed by atoms with E-state index in [9.17, 15) is 0 Å². The van der Waals surface area contributed by atoms with Crippen molar-refractivity contribution < 1.29 is 0 Å². The lowest BCUT2D eigenvalue weighted by Gasteiger charge is -2.33. The number of nitrogens with one attached hydrogen (secondary N) is 1. The summed E-state index contributed by atoms with van der Waals surface area (Å²) in [5.41, 5.74) is 0. The summed E-state index contributed by atoms with van der Waals surface area (Å²) in [6, 6.07) is 2.25. The number of rotatable bonds is 5. The Morgan fingerprint density at radius 2 is 2.11 bits per heavy atom. The highest BCUT2D eigenvalue weighted by Gasteiger charge is 2.25. The van der Waals surface area contributed by atoms with Crippen LogP contribution in [0.15, 0.2) is 0 Å². The number of piperidine rings is 1. The molecule has 0 radical (unpaired) electrons. The molecule has 2 heterocycles. The van der Waals surface area contributed by atoms with Crippen LogP contribution in [0.2, 0.25) is 0 Å². The smallest absolute Gasteiger partial charge is 0.0220 e. The Balaban J connectivity index is 1.71. The fraction of sp³-hybridized carbons (Fsp3) is 1.00. The zero-order valence-corrected chi connectivity index (χ0v) is 12.5. The van der Waals surface area contributed by atoms with Gasteiger partial charge >= 0.3 is 0 Å². The topological polar surface area (TPSA) is 18.5 Å². The van der Waals surface area contributed by atoms with Gasteiger partial charge in [-0.3, -0.25) is 0 Å². The maximum atomic E-state index is 3.67. The van der Waals surface area contributed by atoms with E-state index < -0.39 is 0 Å². The molecule has 0 amide bonds. The molecule has 0 aromatic carbocycles. The van der Waals surface area contributed by atoms with Crippen molar-refractivity contribution in [2.75, 3.05) is 33.7 Å². The molecule has 0 aliphatic carbocycles. The van der Waals surface area contributed by atoms with E-state index in [-0.39, 0.29) is 0 Å². The van der Waals surface area contributed by atoms with Crippen LogP contribution >= 0.6 is 0 Å². The van der Waals surface area contributed by atoms with Crippen molar-refractivity contribution in [2.45, 2.75) is 63.6 Å². The minimum Gasteiger partial charge on any atom is -0.314 e. The van der Waals surface area contributed by atoms with Crippen LogP contribution in [0.1, 0.15) is 45.4 Å². The van der Waals surface area contributed by atoms with Crippen LogP contribution in [0.3, 0.4) is 0 Å². The molecule has 2 rings (SSSR count). The van der Waals surface area contributed by atoms with Gasteiger partial charge in [0.05, 0.1) is 0 Å². The average molecular weight is 253 g/mol. The van der Waals surface area contributed by atoms with Crippen molar-refractivity contribution in [3.8, 4) is 0 Å². The molecule has 0 aromatic rings. The zero-order chi connectivity index (χ0) is 13.0. The maximum Gasteiger partial charge on any atom is 0.0220 e.